The highest BCUT2D eigenvalue weighted by atomic mass is 16.5. The number of aromatic nitrogens is 4. The highest BCUT2D eigenvalue weighted by Gasteiger charge is 2.39. The Balaban J connectivity index is 1.09. The van der Waals surface area contributed by atoms with Gasteiger partial charge in [0.05, 0.1) is 73.0 Å². The number of nitrogens with one attached hydrogen (secondary N) is 2. The van der Waals surface area contributed by atoms with E-state index in [-0.39, 0.29) is 60.5 Å². The number of aryl methyl sites for hydroxylation is 1. The number of esters is 2. The molecule has 2 aliphatic rings. The quantitative estimate of drug-likeness (QED) is 0.121. The largest absolute Gasteiger partial charge is 0.469 e. The van der Waals surface area contributed by atoms with Gasteiger partial charge in [0.15, 0.2) is 0 Å². The van der Waals surface area contributed by atoms with Gasteiger partial charge in [-0.2, -0.15) is 0 Å². The van der Waals surface area contributed by atoms with Crippen LogP contribution in [0.4, 0.5) is 0 Å². The predicted octanol–water partition coefficient (Wildman–Crippen LogP) is 8.08. The number of ether oxygens (including phenoxy) is 2. The van der Waals surface area contributed by atoms with E-state index in [1.54, 1.807) is 0 Å². The lowest BCUT2D eigenvalue weighted by Gasteiger charge is -2.29. The van der Waals surface area contributed by atoms with Crippen LogP contribution in [0, 0.1) is 30.6 Å². The van der Waals surface area contributed by atoms with E-state index in [2.05, 4.69) is 59.4 Å². The monoisotopic (exact) mass is 774 g/mol. The number of methoxy groups -OCH3 is 2. The summed E-state index contributed by atoms with van der Waals surface area (Å²) in [4.78, 5) is 72.3. The molecule has 0 saturated carbocycles. The third kappa shape index (κ3) is 8.04. The fraction of sp³-hybridized carbons (Fsp3) is 0.467. The predicted molar refractivity (Wildman–Crippen MR) is 219 cm³/mol. The van der Waals surface area contributed by atoms with E-state index < -0.39 is 11.8 Å². The van der Waals surface area contributed by atoms with E-state index in [0.29, 0.717) is 13.1 Å². The van der Waals surface area contributed by atoms with Gasteiger partial charge >= 0.3 is 11.9 Å². The molecule has 0 radical (unpaired) electrons. The third-order valence-electron chi connectivity index (χ3n) is 12.0. The molecule has 300 valence electrons. The van der Waals surface area contributed by atoms with Crippen molar-refractivity contribution in [3.05, 3.63) is 71.8 Å². The summed E-state index contributed by atoms with van der Waals surface area (Å²) in [5, 5.41) is 0. The van der Waals surface area contributed by atoms with Crippen molar-refractivity contribution in [3.63, 3.8) is 0 Å². The molecule has 2 fully saturated rings. The van der Waals surface area contributed by atoms with Gasteiger partial charge in [-0.05, 0) is 96.5 Å². The number of H-pyrrole nitrogens is 2. The van der Waals surface area contributed by atoms with Crippen LogP contribution in [-0.4, -0.2) is 80.8 Å². The topological polar surface area (TPSA) is 151 Å². The number of rotatable bonds is 12. The molecule has 12 heteroatoms. The van der Waals surface area contributed by atoms with E-state index >= 15 is 0 Å². The van der Waals surface area contributed by atoms with Crippen LogP contribution in [0.5, 0.6) is 0 Å². The Morgan fingerprint density at radius 1 is 0.667 bits per heavy atom. The lowest BCUT2D eigenvalue weighted by Crippen LogP contribution is -2.39. The van der Waals surface area contributed by atoms with E-state index in [9.17, 15) is 19.2 Å². The number of imidazole rings is 2. The molecule has 7 rings (SSSR count). The van der Waals surface area contributed by atoms with Crippen molar-refractivity contribution in [3.8, 4) is 22.3 Å². The summed E-state index contributed by atoms with van der Waals surface area (Å²) in [7, 11) is 2.71. The molecule has 0 aliphatic carbocycles. The number of nitrogens with zero attached hydrogens (tertiary/aromatic N) is 4. The molecule has 4 heterocycles. The molecule has 3 aromatic carbocycles. The molecule has 57 heavy (non-hydrogen) atoms. The Kier molecular flexibility index (Phi) is 11.5. The number of carbonyl (C=O) groups excluding carboxylic acids is 4. The minimum absolute atomic E-state index is 0.00305. The molecule has 2 aliphatic heterocycles. The molecule has 5 aromatic rings. The average Bonchev–Trinajstić information content (AvgIpc) is 4.03. The van der Waals surface area contributed by atoms with Crippen LogP contribution in [-0.2, 0) is 28.7 Å². The summed E-state index contributed by atoms with van der Waals surface area (Å²) in [6.07, 6.45) is 3.51. The van der Waals surface area contributed by atoms with Gasteiger partial charge in [0.25, 0.3) is 0 Å². The number of aromatic amines is 2. The first-order valence-electron chi connectivity index (χ1n) is 20.2. The summed E-state index contributed by atoms with van der Waals surface area (Å²) in [5.74, 6) is -0.139. The number of likely N-dealkylation sites (tertiary alicyclic amines) is 2. The zero-order chi connectivity index (χ0) is 40.5. The number of hydrogen-bond donors (Lipinski definition) is 2. The minimum atomic E-state index is -0.442. The van der Waals surface area contributed by atoms with Crippen molar-refractivity contribution >= 4 is 45.8 Å². The van der Waals surface area contributed by atoms with Crippen LogP contribution in [0.25, 0.3) is 44.3 Å². The summed E-state index contributed by atoms with van der Waals surface area (Å²) in [6, 6.07) is 18.6. The first-order chi connectivity index (χ1) is 27.4. The van der Waals surface area contributed by atoms with Crippen molar-refractivity contribution in [2.24, 2.45) is 23.7 Å². The fourth-order valence-corrected chi connectivity index (χ4v) is 8.69. The van der Waals surface area contributed by atoms with Crippen LogP contribution < -0.4 is 0 Å². The molecule has 4 atom stereocenters. The van der Waals surface area contributed by atoms with Crippen molar-refractivity contribution in [1.29, 1.82) is 0 Å². The van der Waals surface area contributed by atoms with Gasteiger partial charge in [-0.3, -0.25) is 19.2 Å². The normalized spacial score (nSPS) is 18.2. The Hall–Kier alpha value is -5.52. The second-order valence-corrected chi connectivity index (χ2v) is 16.4. The van der Waals surface area contributed by atoms with Gasteiger partial charge in [0, 0.05) is 13.1 Å². The Morgan fingerprint density at radius 3 is 1.56 bits per heavy atom. The zero-order valence-electron chi connectivity index (χ0n) is 34.1. The van der Waals surface area contributed by atoms with Gasteiger partial charge in [-0.25, -0.2) is 9.97 Å². The van der Waals surface area contributed by atoms with Crippen molar-refractivity contribution < 1.29 is 28.7 Å². The van der Waals surface area contributed by atoms with Crippen molar-refractivity contribution in [2.45, 2.75) is 85.2 Å². The second-order valence-electron chi connectivity index (χ2n) is 16.4. The summed E-state index contributed by atoms with van der Waals surface area (Å²) >= 11 is 0. The lowest BCUT2D eigenvalue weighted by atomic mass is 9.91. The SMILES string of the molecule is COC(=O)C[C@H](C(=O)N1CCC[C@H]1c1nc2ccc(-c3ccc(-c4ccc5nc([C@@H]6CCCN6C(=O)[C@@H](CC(=O)OC)C(C)C)[nH]c5c4)c(C)c3)cc2[nH]1)C(C)C. The molecule has 0 spiro atoms. The van der Waals surface area contributed by atoms with Gasteiger partial charge in [0.2, 0.25) is 11.8 Å². The maximum absolute atomic E-state index is 13.7. The molecule has 12 nitrogen and oxygen atoms in total. The zero-order valence-corrected chi connectivity index (χ0v) is 34.1. The van der Waals surface area contributed by atoms with E-state index in [0.717, 1.165) is 87.2 Å². The highest BCUT2D eigenvalue weighted by Crippen LogP contribution is 2.38. The minimum Gasteiger partial charge on any atom is -0.469 e. The number of benzene rings is 3. The third-order valence-corrected chi connectivity index (χ3v) is 12.0. The number of hydrogen-bond acceptors (Lipinski definition) is 8. The fourth-order valence-electron chi connectivity index (χ4n) is 8.69. The number of amides is 2. The molecule has 2 aromatic heterocycles. The van der Waals surface area contributed by atoms with Gasteiger partial charge in [-0.1, -0.05) is 58.0 Å². The van der Waals surface area contributed by atoms with Gasteiger partial charge < -0.3 is 29.2 Å². The van der Waals surface area contributed by atoms with Crippen molar-refractivity contribution in [2.75, 3.05) is 27.3 Å². The summed E-state index contributed by atoms with van der Waals surface area (Å²) in [6.45, 7) is 11.3. The van der Waals surface area contributed by atoms with Gasteiger partial charge in [0.1, 0.15) is 11.6 Å². The maximum atomic E-state index is 13.7. The van der Waals surface area contributed by atoms with Gasteiger partial charge in [-0.15, -0.1) is 0 Å². The second kappa shape index (κ2) is 16.5. The molecule has 0 bridgehead atoms. The van der Waals surface area contributed by atoms with Crippen molar-refractivity contribution in [1.82, 2.24) is 29.7 Å². The molecule has 0 unspecified atom stereocenters. The van der Waals surface area contributed by atoms with Crippen LogP contribution >= 0.6 is 0 Å². The van der Waals surface area contributed by atoms with Crippen LogP contribution in [0.15, 0.2) is 54.6 Å². The number of carbonyl (C=O) groups is 4. The lowest BCUT2D eigenvalue weighted by molar-refractivity contribution is -0.148. The molecular weight excluding hydrogens is 721 g/mol. The van der Waals surface area contributed by atoms with E-state index in [1.165, 1.54) is 14.2 Å². The maximum Gasteiger partial charge on any atom is 0.306 e. The molecular formula is C45H54N6O6. The highest BCUT2D eigenvalue weighted by molar-refractivity contribution is 5.88. The van der Waals surface area contributed by atoms with E-state index in [4.69, 9.17) is 19.4 Å². The van der Waals surface area contributed by atoms with E-state index in [1.807, 2.05) is 49.6 Å². The molecule has 2 saturated heterocycles. The Morgan fingerprint density at radius 2 is 1.11 bits per heavy atom. The summed E-state index contributed by atoms with van der Waals surface area (Å²) < 4.78 is 9.78. The molecule has 2 amide bonds. The standard InChI is InChI=1S/C45H54N6O6/c1-25(2)32(23-40(52)56-6)44(54)50-18-8-10-38(50)42-46-34-16-13-29(21-36(34)48-42)28-12-15-31(27(5)20-28)30-14-17-35-37(22-30)49-43(47-35)39-11-9-19-51(39)45(55)33(26(3)4)24-41(53)57-7/h12-17,20-22,25-26,32-33,38-39H,8-11,18-19,23-24H2,1-7H3,(H,46,48)(H,47,49)/t32-,33-,38-,39-/m0/s1. The van der Waals surface area contributed by atoms with Crippen LogP contribution in [0.2, 0.25) is 0 Å². The Labute approximate surface area is 333 Å². The average molecular weight is 775 g/mol. The first-order valence-corrected chi connectivity index (χ1v) is 20.2. The van der Waals surface area contributed by atoms with Crippen LogP contribution in [0.1, 0.15) is 95.5 Å². The Bertz CT molecular complexity index is 2310. The molecule has 2 N–H and O–H groups in total. The summed E-state index contributed by atoms with van der Waals surface area (Å²) in [5.41, 5.74) is 8.94. The smallest absolute Gasteiger partial charge is 0.306 e. The first kappa shape index (κ1) is 39.7. The van der Waals surface area contributed by atoms with Crippen LogP contribution in [0.3, 0.4) is 0 Å². The number of fused-ring (bicyclic) bond motifs is 2.